The Morgan fingerprint density at radius 2 is 2.04 bits per heavy atom. The van der Waals surface area contributed by atoms with Gasteiger partial charge in [0.15, 0.2) is 11.5 Å². The van der Waals surface area contributed by atoms with E-state index in [0.717, 1.165) is 23.5 Å². The third-order valence-corrected chi connectivity index (χ3v) is 4.70. The highest BCUT2D eigenvalue weighted by molar-refractivity contribution is 5.94. The highest BCUT2D eigenvalue weighted by Gasteiger charge is 2.30. The van der Waals surface area contributed by atoms with E-state index in [9.17, 15) is 9.59 Å². The molecule has 2 aliphatic rings. The van der Waals surface area contributed by atoms with E-state index >= 15 is 0 Å². The van der Waals surface area contributed by atoms with Crippen molar-refractivity contribution in [3.8, 4) is 11.5 Å². The third kappa shape index (κ3) is 2.44. The van der Waals surface area contributed by atoms with E-state index in [1.54, 1.807) is 30.3 Å². The summed E-state index contributed by atoms with van der Waals surface area (Å²) in [7, 11) is 1.65. The molecule has 4 rings (SSSR count). The first-order valence-electron chi connectivity index (χ1n) is 7.98. The van der Waals surface area contributed by atoms with Crippen molar-refractivity contribution in [2.24, 2.45) is 7.05 Å². The molecule has 0 unspecified atom stereocenters. The molecule has 1 amide bonds. The molecule has 0 N–H and O–H groups in total. The van der Waals surface area contributed by atoms with Crippen molar-refractivity contribution in [1.29, 1.82) is 0 Å². The topological polar surface area (TPSA) is 60.8 Å². The Bertz CT molecular complexity index is 858. The number of amides is 1. The summed E-state index contributed by atoms with van der Waals surface area (Å²) in [5.74, 6) is 1.57. The second kappa shape index (κ2) is 5.70. The molecular weight excluding hydrogens is 308 g/mol. The Morgan fingerprint density at radius 3 is 2.92 bits per heavy atom. The van der Waals surface area contributed by atoms with Crippen LogP contribution in [0.2, 0.25) is 0 Å². The third-order valence-electron chi connectivity index (χ3n) is 4.70. The van der Waals surface area contributed by atoms with Gasteiger partial charge in [0.25, 0.3) is 11.5 Å². The Morgan fingerprint density at radius 1 is 1.21 bits per heavy atom. The van der Waals surface area contributed by atoms with Crippen LogP contribution >= 0.6 is 0 Å². The Balaban J connectivity index is 1.53. The van der Waals surface area contributed by atoms with Crippen LogP contribution < -0.4 is 15.0 Å². The van der Waals surface area contributed by atoms with Gasteiger partial charge < -0.3 is 18.9 Å². The number of carbonyl (C=O) groups is 1. The first-order chi connectivity index (χ1) is 11.6. The molecule has 1 atom stereocenters. The van der Waals surface area contributed by atoms with Crippen LogP contribution in [-0.4, -0.2) is 35.3 Å². The molecule has 0 aliphatic carbocycles. The zero-order valence-corrected chi connectivity index (χ0v) is 13.4. The van der Waals surface area contributed by atoms with Crippen LogP contribution in [0.3, 0.4) is 0 Å². The van der Waals surface area contributed by atoms with E-state index in [1.807, 2.05) is 18.2 Å². The minimum Gasteiger partial charge on any atom is -0.454 e. The monoisotopic (exact) mass is 326 g/mol. The maximum Gasteiger partial charge on any atom is 0.263 e. The van der Waals surface area contributed by atoms with Crippen LogP contribution in [0, 0.1) is 0 Å². The summed E-state index contributed by atoms with van der Waals surface area (Å²) < 4.78 is 12.2. The number of aromatic nitrogens is 1. The molecule has 24 heavy (non-hydrogen) atoms. The summed E-state index contributed by atoms with van der Waals surface area (Å²) >= 11 is 0. The number of fused-ring (bicyclic) bond motifs is 1. The summed E-state index contributed by atoms with van der Waals surface area (Å²) in [5, 5.41) is 0. The number of hydrogen-bond donors (Lipinski definition) is 0. The number of hydrogen-bond acceptors (Lipinski definition) is 4. The van der Waals surface area contributed by atoms with Crippen molar-refractivity contribution in [2.75, 3.05) is 19.9 Å². The molecule has 2 aliphatic heterocycles. The van der Waals surface area contributed by atoms with Crippen LogP contribution in [0.4, 0.5) is 0 Å². The fraction of sp³-hybridized carbons (Fsp3) is 0.333. The summed E-state index contributed by atoms with van der Waals surface area (Å²) in [5.41, 5.74) is 1.11. The van der Waals surface area contributed by atoms with Crippen molar-refractivity contribution >= 4 is 5.91 Å². The van der Waals surface area contributed by atoms with Gasteiger partial charge in [-0.1, -0.05) is 6.07 Å². The number of nitrogens with zero attached hydrogens (tertiary/aromatic N) is 2. The molecule has 1 saturated heterocycles. The molecule has 0 radical (unpaired) electrons. The average Bonchev–Trinajstić information content (AvgIpc) is 3.25. The van der Waals surface area contributed by atoms with E-state index in [4.69, 9.17) is 9.47 Å². The zero-order valence-electron chi connectivity index (χ0n) is 13.4. The maximum atomic E-state index is 12.7. The van der Waals surface area contributed by atoms with Crippen LogP contribution in [0.5, 0.6) is 11.5 Å². The van der Waals surface area contributed by atoms with E-state index < -0.39 is 0 Å². The quantitative estimate of drug-likeness (QED) is 0.843. The van der Waals surface area contributed by atoms with Gasteiger partial charge in [-0.2, -0.15) is 0 Å². The minimum absolute atomic E-state index is 0.195. The molecule has 2 aromatic rings. The molecule has 0 saturated carbocycles. The van der Waals surface area contributed by atoms with Gasteiger partial charge in [0.2, 0.25) is 6.79 Å². The summed E-state index contributed by atoms with van der Waals surface area (Å²) in [6.07, 6.45) is 2.52. The maximum absolute atomic E-state index is 12.7. The van der Waals surface area contributed by atoms with Crippen LogP contribution in [0.25, 0.3) is 0 Å². The highest BCUT2D eigenvalue weighted by atomic mass is 16.7. The molecule has 124 valence electrons. The number of ether oxygens (including phenoxy) is 2. The molecule has 1 fully saturated rings. The lowest BCUT2D eigenvalue weighted by Crippen LogP contribution is -2.34. The van der Waals surface area contributed by atoms with Gasteiger partial charge in [-0.25, -0.2) is 0 Å². The lowest BCUT2D eigenvalue weighted by molar-refractivity contribution is 0.0788. The Kier molecular flexibility index (Phi) is 3.52. The summed E-state index contributed by atoms with van der Waals surface area (Å²) in [6, 6.07) is 9.24. The van der Waals surface area contributed by atoms with Gasteiger partial charge in [0, 0.05) is 32.3 Å². The van der Waals surface area contributed by atoms with Gasteiger partial charge in [-0.3, -0.25) is 9.59 Å². The van der Waals surface area contributed by atoms with Crippen molar-refractivity contribution in [2.45, 2.75) is 12.3 Å². The van der Waals surface area contributed by atoms with Crippen molar-refractivity contribution < 1.29 is 14.3 Å². The normalized spacial score (nSPS) is 18.9. The zero-order chi connectivity index (χ0) is 16.7. The fourth-order valence-corrected chi connectivity index (χ4v) is 3.31. The number of pyridine rings is 1. The molecule has 1 aromatic carbocycles. The van der Waals surface area contributed by atoms with Crippen molar-refractivity contribution in [1.82, 2.24) is 9.47 Å². The van der Waals surface area contributed by atoms with Gasteiger partial charge in [0.05, 0.1) is 0 Å². The Hall–Kier alpha value is -2.76. The molecule has 3 heterocycles. The molecule has 6 heteroatoms. The van der Waals surface area contributed by atoms with Gasteiger partial charge >= 0.3 is 0 Å². The first kappa shape index (κ1) is 14.8. The van der Waals surface area contributed by atoms with Crippen LogP contribution in [0.1, 0.15) is 28.3 Å². The standard InChI is InChI=1S/C18H18N2O4/c1-19-7-2-3-14(17(19)21)18(22)20-8-6-13(10-20)12-4-5-15-16(9-12)24-11-23-15/h2-5,7,9,13H,6,8,10-11H2,1H3/t13-/m1/s1. The first-order valence-corrected chi connectivity index (χ1v) is 7.98. The van der Waals surface area contributed by atoms with Gasteiger partial charge in [-0.15, -0.1) is 0 Å². The smallest absolute Gasteiger partial charge is 0.263 e. The largest absolute Gasteiger partial charge is 0.454 e. The second-order valence-corrected chi connectivity index (χ2v) is 6.19. The number of carbonyl (C=O) groups excluding carboxylic acids is 1. The van der Waals surface area contributed by atoms with E-state index in [0.29, 0.717) is 13.1 Å². The van der Waals surface area contributed by atoms with E-state index in [-0.39, 0.29) is 29.7 Å². The van der Waals surface area contributed by atoms with E-state index in [2.05, 4.69) is 0 Å². The predicted octanol–water partition coefficient (Wildman–Crippen LogP) is 1.74. The predicted molar refractivity (Wildman–Crippen MR) is 87.5 cm³/mol. The molecule has 0 spiro atoms. The summed E-state index contributed by atoms with van der Waals surface area (Å²) in [4.78, 5) is 26.5. The summed E-state index contributed by atoms with van der Waals surface area (Å²) in [6.45, 7) is 1.51. The molecule has 1 aromatic heterocycles. The fourth-order valence-electron chi connectivity index (χ4n) is 3.31. The number of benzene rings is 1. The SMILES string of the molecule is Cn1cccc(C(=O)N2CC[C@@H](c3ccc4c(c3)OCO4)C2)c1=O. The highest BCUT2D eigenvalue weighted by Crippen LogP contribution is 2.37. The van der Waals surface area contributed by atoms with Crippen LogP contribution in [0.15, 0.2) is 41.3 Å². The Labute approximate surface area is 139 Å². The number of likely N-dealkylation sites (tertiary alicyclic amines) is 1. The van der Waals surface area contributed by atoms with E-state index in [1.165, 1.54) is 4.57 Å². The van der Waals surface area contributed by atoms with Crippen molar-refractivity contribution in [3.63, 3.8) is 0 Å². The molecular formula is C18H18N2O4. The average molecular weight is 326 g/mol. The lowest BCUT2D eigenvalue weighted by Gasteiger charge is -2.17. The lowest BCUT2D eigenvalue weighted by atomic mass is 9.98. The van der Waals surface area contributed by atoms with Gasteiger partial charge in [0.1, 0.15) is 5.56 Å². The van der Waals surface area contributed by atoms with Crippen molar-refractivity contribution in [3.05, 3.63) is 58.0 Å². The second-order valence-electron chi connectivity index (χ2n) is 6.19. The molecule has 6 nitrogen and oxygen atoms in total. The molecule has 0 bridgehead atoms. The minimum atomic E-state index is -0.256. The van der Waals surface area contributed by atoms with Crippen LogP contribution in [-0.2, 0) is 7.05 Å². The number of rotatable bonds is 2. The van der Waals surface area contributed by atoms with Gasteiger partial charge in [-0.05, 0) is 36.2 Å². The number of aryl methyl sites for hydroxylation is 1.